The lowest BCUT2D eigenvalue weighted by Crippen LogP contribution is -2.50. The lowest BCUT2D eigenvalue weighted by Gasteiger charge is -2.34. The molecule has 0 bridgehead atoms. The largest absolute Gasteiger partial charge is 0.497 e. The fourth-order valence-electron chi connectivity index (χ4n) is 3.73. The first kappa shape index (κ1) is 21.5. The van der Waals surface area contributed by atoms with Crippen molar-refractivity contribution < 1.29 is 17.9 Å². The maximum atomic E-state index is 13.1. The minimum atomic E-state index is -3.72. The molecule has 31 heavy (non-hydrogen) atoms. The van der Waals surface area contributed by atoms with Crippen LogP contribution in [0.5, 0.6) is 5.75 Å². The number of amides is 1. The zero-order chi connectivity index (χ0) is 22.2. The van der Waals surface area contributed by atoms with Crippen molar-refractivity contribution in [3.8, 4) is 5.75 Å². The average Bonchev–Trinajstić information content (AvgIpc) is 3.12. The van der Waals surface area contributed by atoms with Gasteiger partial charge in [-0.1, -0.05) is 17.4 Å². The van der Waals surface area contributed by atoms with Crippen LogP contribution in [-0.4, -0.2) is 61.4 Å². The molecule has 2 aromatic carbocycles. The summed E-state index contributed by atoms with van der Waals surface area (Å²) in [7, 11) is -2.18. The Labute approximate surface area is 184 Å². The first-order valence-corrected chi connectivity index (χ1v) is 12.2. The van der Waals surface area contributed by atoms with E-state index in [4.69, 9.17) is 4.74 Å². The average molecular weight is 462 g/mol. The van der Waals surface area contributed by atoms with E-state index in [2.05, 4.69) is 0 Å². The Morgan fingerprint density at radius 3 is 2.52 bits per heavy atom. The van der Waals surface area contributed by atoms with Crippen molar-refractivity contribution in [3.05, 3.63) is 57.7 Å². The maximum absolute atomic E-state index is 13.1. The van der Waals surface area contributed by atoms with Gasteiger partial charge in [0, 0.05) is 38.3 Å². The summed E-state index contributed by atoms with van der Waals surface area (Å²) in [4.78, 5) is 26.6. The molecule has 0 N–H and O–H groups in total. The van der Waals surface area contributed by atoms with Gasteiger partial charge >= 0.3 is 4.87 Å². The summed E-state index contributed by atoms with van der Waals surface area (Å²) in [6, 6.07) is 11.7. The number of sulfonamides is 1. The Morgan fingerprint density at radius 1 is 1.10 bits per heavy atom. The van der Waals surface area contributed by atoms with E-state index in [1.165, 1.54) is 4.31 Å². The van der Waals surface area contributed by atoms with Gasteiger partial charge < -0.3 is 9.64 Å². The zero-order valence-corrected chi connectivity index (χ0v) is 18.9. The maximum Gasteiger partial charge on any atom is 0.308 e. The van der Waals surface area contributed by atoms with Gasteiger partial charge in [0.05, 0.1) is 22.2 Å². The second kappa shape index (κ2) is 8.45. The number of aromatic nitrogens is 1. The number of fused-ring (bicyclic) bond motifs is 1. The Hall–Kier alpha value is -2.69. The van der Waals surface area contributed by atoms with Gasteiger partial charge in [0.25, 0.3) is 5.91 Å². The molecule has 10 heteroatoms. The molecule has 1 aliphatic heterocycles. The van der Waals surface area contributed by atoms with Crippen molar-refractivity contribution >= 4 is 37.5 Å². The molecule has 1 aliphatic rings. The Kier molecular flexibility index (Phi) is 5.87. The van der Waals surface area contributed by atoms with E-state index in [-0.39, 0.29) is 28.8 Å². The normalized spacial score (nSPS) is 15.4. The summed E-state index contributed by atoms with van der Waals surface area (Å²) in [6.45, 7) is 3.44. The third-order valence-corrected chi connectivity index (χ3v) is 8.27. The van der Waals surface area contributed by atoms with Crippen LogP contribution in [0.15, 0.2) is 52.2 Å². The smallest absolute Gasteiger partial charge is 0.308 e. The van der Waals surface area contributed by atoms with Gasteiger partial charge in [-0.3, -0.25) is 14.2 Å². The second-order valence-electron chi connectivity index (χ2n) is 7.17. The SMILES string of the molecule is CCn1c(=O)sc2cc(S(=O)(=O)N3CCN(C(=O)c4cccc(OC)c4)CC3)ccc21. The topological polar surface area (TPSA) is 88.9 Å². The van der Waals surface area contributed by atoms with Gasteiger partial charge in [-0.25, -0.2) is 8.42 Å². The molecule has 4 rings (SSSR count). The second-order valence-corrected chi connectivity index (χ2v) is 10.1. The summed E-state index contributed by atoms with van der Waals surface area (Å²) in [5, 5.41) is 0. The molecule has 1 saturated heterocycles. The molecular formula is C21H23N3O5S2. The number of piperazine rings is 1. The standard InChI is InChI=1S/C21H23N3O5S2/c1-3-24-18-8-7-17(14-19(18)30-21(24)26)31(27,28)23-11-9-22(10-12-23)20(25)15-5-4-6-16(13-15)29-2/h4-8,13-14H,3,9-12H2,1-2H3. The predicted molar refractivity (Wildman–Crippen MR) is 119 cm³/mol. The minimum Gasteiger partial charge on any atom is -0.497 e. The summed E-state index contributed by atoms with van der Waals surface area (Å²) < 4.78 is 35.1. The molecule has 0 saturated carbocycles. The number of rotatable bonds is 5. The van der Waals surface area contributed by atoms with Crippen LogP contribution < -0.4 is 9.61 Å². The van der Waals surface area contributed by atoms with E-state index in [1.807, 2.05) is 6.92 Å². The van der Waals surface area contributed by atoms with E-state index in [0.29, 0.717) is 35.6 Å². The highest BCUT2D eigenvalue weighted by atomic mass is 32.2. The van der Waals surface area contributed by atoms with Crippen LogP contribution in [0.2, 0.25) is 0 Å². The number of ether oxygens (including phenoxy) is 1. The van der Waals surface area contributed by atoms with E-state index in [9.17, 15) is 18.0 Å². The fraction of sp³-hybridized carbons (Fsp3) is 0.333. The number of aryl methyl sites for hydroxylation is 1. The van der Waals surface area contributed by atoms with E-state index >= 15 is 0 Å². The molecule has 2 heterocycles. The number of thiazole rings is 1. The van der Waals surface area contributed by atoms with Crippen LogP contribution in [-0.2, 0) is 16.6 Å². The van der Waals surface area contributed by atoms with Gasteiger partial charge in [0.2, 0.25) is 10.0 Å². The van der Waals surface area contributed by atoms with Crippen molar-refractivity contribution in [2.45, 2.75) is 18.4 Å². The highest BCUT2D eigenvalue weighted by Gasteiger charge is 2.31. The molecule has 0 atom stereocenters. The Morgan fingerprint density at radius 2 is 1.84 bits per heavy atom. The molecule has 0 aliphatic carbocycles. The van der Waals surface area contributed by atoms with Gasteiger partial charge in [-0.2, -0.15) is 4.31 Å². The Balaban J connectivity index is 1.50. The van der Waals surface area contributed by atoms with Crippen molar-refractivity contribution in [1.29, 1.82) is 0 Å². The molecule has 3 aromatic rings. The molecule has 1 aromatic heterocycles. The summed E-state index contributed by atoms with van der Waals surface area (Å²) in [5.41, 5.74) is 1.25. The number of methoxy groups -OCH3 is 1. The van der Waals surface area contributed by atoms with Gasteiger partial charge in [-0.15, -0.1) is 0 Å². The van der Waals surface area contributed by atoms with Crippen LogP contribution in [0.4, 0.5) is 0 Å². The third kappa shape index (κ3) is 3.98. The Bertz CT molecular complexity index is 1290. The number of hydrogen-bond donors (Lipinski definition) is 0. The first-order chi connectivity index (χ1) is 14.8. The monoisotopic (exact) mass is 461 g/mol. The van der Waals surface area contributed by atoms with Gasteiger partial charge in [0.15, 0.2) is 0 Å². The number of carbonyl (C=O) groups is 1. The van der Waals surface area contributed by atoms with Crippen molar-refractivity contribution in [2.24, 2.45) is 0 Å². The van der Waals surface area contributed by atoms with E-state index in [1.54, 1.807) is 59.0 Å². The van der Waals surface area contributed by atoms with Crippen LogP contribution >= 0.6 is 11.3 Å². The summed E-state index contributed by atoms with van der Waals surface area (Å²) in [5.74, 6) is 0.449. The van der Waals surface area contributed by atoms with E-state index in [0.717, 1.165) is 16.9 Å². The molecular weight excluding hydrogens is 438 g/mol. The highest BCUT2D eigenvalue weighted by Crippen LogP contribution is 2.25. The molecule has 0 spiro atoms. The molecule has 0 unspecified atom stereocenters. The van der Waals surface area contributed by atoms with E-state index < -0.39 is 10.0 Å². The molecule has 0 radical (unpaired) electrons. The summed E-state index contributed by atoms with van der Waals surface area (Å²) >= 11 is 1.05. The molecule has 8 nitrogen and oxygen atoms in total. The quantitative estimate of drug-likeness (QED) is 0.581. The third-order valence-electron chi connectivity index (χ3n) is 5.44. The number of carbonyl (C=O) groups excluding carboxylic acids is 1. The van der Waals surface area contributed by atoms with Crippen LogP contribution in [0, 0.1) is 0 Å². The number of benzene rings is 2. The number of hydrogen-bond acceptors (Lipinski definition) is 6. The lowest BCUT2D eigenvalue weighted by molar-refractivity contribution is 0.0697. The minimum absolute atomic E-state index is 0.100. The van der Waals surface area contributed by atoms with Gasteiger partial charge in [0.1, 0.15) is 5.75 Å². The molecule has 164 valence electrons. The predicted octanol–water partition coefficient (Wildman–Crippen LogP) is 2.24. The zero-order valence-electron chi connectivity index (χ0n) is 17.3. The van der Waals surface area contributed by atoms with Crippen molar-refractivity contribution in [2.75, 3.05) is 33.3 Å². The first-order valence-electron chi connectivity index (χ1n) is 9.92. The molecule has 1 amide bonds. The van der Waals surface area contributed by atoms with Crippen molar-refractivity contribution in [3.63, 3.8) is 0 Å². The highest BCUT2D eigenvalue weighted by molar-refractivity contribution is 7.89. The molecule has 1 fully saturated rings. The van der Waals surface area contributed by atoms with Crippen LogP contribution in [0.3, 0.4) is 0 Å². The summed E-state index contributed by atoms with van der Waals surface area (Å²) in [6.07, 6.45) is 0. The van der Waals surface area contributed by atoms with Crippen LogP contribution in [0.1, 0.15) is 17.3 Å². The van der Waals surface area contributed by atoms with Crippen molar-refractivity contribution in [1.82, 2.24) is 13.8 Å². The fourth-order valence-corrected chi connectivity index (χ4v) is 6.24. The number of nitrogens with zero attached hydrogens (tertiary/aromatic N) is 3. The van der Waals surface area contributed by atoms with Gasteiger partial charge in [-0.05, 0) is 43.3 Å². The lowest BCUT2D eigenvalue weighted by atomic mass is 10.1. The van der Waals surface area contributed by atoms with Crippen LogP contribution in [0.25, 0.3) is 10.2 Å².